The highest BCUT2D eigenvalue weighted by molar-refractivity contribution is 5.31. The van der Waals surface area contributed by atoms with Crippen LogP contribution in [0.1, 0.15) is 0 Å². The van der Waals surface area contributed by atoms with Crippen molar-refractivity contribution < 1.29 is 9.37 Å². The summed E-state index contributed by atoms with van der Waals surface area (Å²) in [6.07, 6.45) is 3.67. The Kier molecular flexibility index (Phi) is 1.55. The maximum atomic E-state index is 4.92. The van der Waals surface area contributed by atoms with Gasteiger partial charge in [0.05, 0.1) is 7.11 Å². The first-order chi connectivity index (χ1) is 5.92. The monoisotopic (exact) mass is 165 g/mol. The third-order valence-corrected chi connectivity index (χ3v) is 1.48. The van der Waals surface area contributed by atoms with Gasteiger partial charge in [0, 0.05) is 12.4 Å². The number of nitrogens with zero attached hydrogens (tertiary/aromatic N) is 3. The van der Waals surface area contributed by atoms with Gasteiger partial charge in [-0.15, -0.1) is 0 Å². The Bertz CT molecular complexity index is 352. The van der Waals surface area contributed by atoms with Crippen LogP contribution in [-0.2, 0) is 0 Å². The molecule has 62 valence electrons. The molecule has 0 spiro atoms. The van der Waals surface area contributed by atoms with E-state index in [1.807, 2.05) is 24.5 Å². The number of ether oxygens (including phenoxy) is 1. The van der Waals surface area contributed by atoms with Crippen LogP contribution in [0.3, 0.4) is 0 Å². The lowest BCUT2D eigenvalue weighted by Gasteiger charge is -1.96. The molecule has 0 amide bonds. The molecule has 2 rings (SSSR count). The van der Waals surface area contributed by atoms with E-state index >= 15 is 0 Å². The van der Waals surface area contributed by atoms with Crippen LogP contribution >= 0.6 is 0 Å². The first kappa shape index (κ1) is 6.90. The Morgan fingerprint density at radius 2 is 2.08 bits per heavy atom. The lowest BCUT2D eigenvalue weighted by molar-refractivity contribution is 0.281. The molecular weight excluding hydrogens is 158 g/mol. The molecule has 0 N–H and O–H groups in total. The van der Waals surface area contributed by atoms with Crippen LogP contribution in [-0.4, -0.2) is 22.0 Å². The highest BCUT2D eigenvalue weighted by Gasteiger charge is 2.10. The Morgan fingerprint density at radius 3 is 2.75 bits per heavy atom. The summed E-state index contributed by atoms with van der Waals surface area (Å²) in [6.45, 7) is 0. The van der Waals surface area contributed by atoms with Crippen molar-refractivity contribution in [2.75, 3.05) is 7.11 Å². The number of aromatic nitrogens is 3. The van der Waals surface area contributed by atoms with E-state index in [4.69, 9.17) is 4.74 Å². The van der Waals surface area contributed by atoms with E-state index in [0.717, 1.165) is 0 Å². The second-order valence-corrected chi connectivity index (χ2v) is 2.19. The SMILES string of the molecule is COc1nonc1-n1cccc1. The normalized spacial score (nSPS) is 10.1. The largest absolute Gasteiger partial charge is 0.476 e. The minimum absolute atomic E-state index is 0.381. The maximum Gasteiger partial charge on any atom is 0.301 e. The van der Waals surface area contributed by atoms with E-state index in [1.165, 1.54) is 7.11 Å². The Morgan fingerprint density at radius 1 is 1.33 bits per heavy atom. The third-order valence-electron chi connectivity index (χ3n) is 1.48. The van der Waals surface area contributed by atoms with Gasteiger partial charge in [-0.05, 0) is 22.4 Å². The minimum atomic E-state index is 0.381. The molecule has 5 nitrogen and oxygen atoms in total. The molecule has 0 bridgehead atoms. The van der Waals surface area contributed by atoms with Crippen molar-refractivity contribution in [1.29, 1.82) is 0 Å². The lowest BCUT2D eigenvalue weighted by atomic mass is 10.6. The molecule has 0 radical (unpaired) electrons. The van der Waals surface area contributed by atoms with Crippen molar-refractivity contribution in [2.45, 2.75) is 0 Å². The molecule has 2 aromatic rings. The standard InChI is InChI=1S/C7H7N3O2/c1-11-7-6(8-12-9-7)10-4-2-3-5-10/h2-5H,1H3. The van der Waals surface area contributed by atoms with Gasteiger partial charge in [0.1, 0.15) is 0 Å². The highest BCUT2D eigenvalue weighted by Crippen LogP contribution is 2.16. The van der Waals surface area contributed by atoms with Crippen molar-refractivity contribution in [2.24, 2.45) is 0 Å². The Labute approximate surface area is 68.5 Å². The van der Waals surface area contributed by atoms with Gasteiger partial charge in [-0.1, -0.05) is 0 Å². The average molecular weight is 165 g/mol. The summed E-state index contributed by atoms with van der Waals surface area (Å²) in [5, 5.41) is 7.24. The maximum absolute atomic E-state index is 4.92. The zero-order chi connectivity index (χ0) is 8.39. The fourth-order valence-electron chi connectivity index (χ4n) is 0.938. The predicted octanol–water partition coefficient (Wildman–Crippen LogP) is 0.869. The molecule has 0 aliphatic heterocycles. The lowest BCUT2D eigenvalue weighted by Crippen LogP contribution is -1.93. The number of hydrogen-bond donors (Lipinski definition) is 0. The van der Waals surface area contributed by atoms with Crippen molar-refractivity contribution in [3.8, 4) is 11.7 Å². The van der Waals surface area contributed by atoms with Crippen molar-refractivity contribution in [3.05, 3.63) is 24.5 Å². The molecule has 0 fully saturated rings. The van der Waals surface area contributed by atoms with Crippen molar-refractivity contribution >= 4 is 0 Å². The smallest absolute Gasteiger partial charge is 0.301 e. The molecule has 0 aromatic carbocycles. The van der Waals surface area contributed by atoms with Crippen LogP contribution in [0.15, 0.2) is 29.2 Å². The number of methoxy groups -OCH3 is 1. The second-order valence-electron chi connectivity index (χ2n) is 2.19. The van der Waals surface area contributed by atoms with Gasteiger partial charge in [0.2, 0.25) is 5.82 Å². The van der Waals surface area contributed by atoms with E-state index in [0.29, 0.717) is 11.7 Å². The van der Waals surface area contributed by atoms with Gasteiger partial charge < -0.3 is 9.30 Å². The molecule has 0 aliphatic rings. The van der Waals surface area contributed by atoms with Crippen LogP contribution in [0.4, 0.5) is 0 Å². The van der Waals surface area contributed by atoms with Crippen molar-refractivity contribution in [3.63, 3.8) is 0 Å². The molecule has 2 heterocycles. The van der Waals surface area contributed by atoms with Gasteiger partial charge in [-0.3, -0.25) is 0 Å². The van der Waals surface area contributed by atoms with E-state index < -0.39 is 0 Å². The van der Waals surface area contributed by atoms with Gasteiger partial charge in [-0.2, -0.15) is 0 Å². The van der Waals surface area contributed by atoms with Crippen LogP contribution in [0.25, 0.3) is 5.82 Å². The van der Waals surface area contributed by atoms with Gasteiger partial charge in [-0.25, -0.2) is 4.63 Å². The molecule has 0 aliphatic carbocycles. The molecule has 0 atom stereocenters. The number of rotatable bonds is 2. The predicted molar refractivity (Wildman–Crippen MR) is 40.2 cm³/mol. The number of hydrogen-bond acceptors (Lipinski definition) is 4. The summed E-state index contributed by atoms with van der Waals surface area (Å²) in [7, 11) is 1.52. The summed E-state index contributed by atoms with van der Waals surface area (Å²) < 4.78 is 11.2. The van der Waals surface area contributed by atoms with Crippen LogP contribution < -0.4 is 4.74 Å². The molecule has 0 saturated carbocycles. The van der Waals surface area contributed by atoms with E-state index in [1.54, 1.807) is 4.57 Å². The van der Waals surface area contributed by atoms with Crippen LogP contribution in [0, 0.1) is 0 Å². The zero-order valence-electron chi connectivity index (χ0n) is 6.47. The van der Waals surface area contributed by atoms with E-state index in [9.17, 15) is 0 Å². The molecule has 0 unspecified atom stereocenters. The summed E-state index contributed by atoms with van der Waals surface area (Å²) in [6, 6.07) is 3.77. The van der Waals surface area contributed by atoms with Gasteiger partial charge >= 0.3 is 5.88 Å². The van der Waals surface area contributed by atoms with Gasteiger partial charge in [0.25, 0.3) is 0 Å². The minimum Gasteiger partial charge on any atom is -0.476 e. The molecule has 2 aromatic heterocycles. The first-order valence-corrected chi connectivity index (χ1v) is 3.41. The van der Waals surface area contributed by atoms with Gasteiger partial charge in [0.15, 0.2) is 0 Å². The van der Waals surface area contributed by atoms with Crippen LogP contribution in [0.2, 0.25) is 0 Å². The van der Waals surface area contributed by atoms with Crippen molar-refractivity contribution in [1.82, 2.24) is 14.9 Å². The topological polar surface area (TPSA) is 53.1 Å². The molecule has 0 saturated heterocycles. The first-order valence-electron chi connectivity index (χ1n) is 3.41. The van der Waals surface area contributed by atoms with E-state index in [-0.39, 0.29) is 0 Å². The quantitative estimate of drug-likeness (QED) is 0.662. The summed E-state index contributed by atoms with van der Waals surface area (Å²) in [5.74, 6) is 0.939. The molecular formula is C7H7N3O2. The summed E-state index contributed by atoms with van der Waals surface area (Å²) >= 11 is 0. The zero-order valence-corrected chi connectivity index (χ0v) is 6.47. The Balaban J connectivity index is 2.46. The molecule has 12 heavy (non-hydrogen) atoms. The van der Waals surface area contributed by atoms with Crippen LogP contribution in [0.5, 0.6) is 5.88 Å². The fraction of sp³-hybridized carbons (Fsp3) is 0.143. The third kappa shape index (κ3) is 0.952. The second kappa shape index (κ2) is 2.69. The summed E-state index contributed by atoms with van der Waals surface area (Å²) in [5.41, 5.74) is 0. The van der Waals surface area contributed by atoms with E-state index in [2.05, 4.69) is 14.9 Å². The average Bonchev–Trinajstić information content (AvgIpc) is 2.74. The Hall–Kier alpha value is -1.78. The highest BCUT2D eigenvalue weighted by atomic mass is 16.6. The fourth-order valence-corrected chi connectivity index (χ4v) is 0.938. The summed E-state index contributed by atoms with van der Waals surface area (Å²) in [4.78, 5) is 0. The molecule has 5 heteroatoms.